The molecule has 0 unspecified atom stereocenters. The molecule has 0 aromatic heterocycles. The summed E-state index contributed by atoms with van der Waals surface area (Å²) in [5.74, 6) is 0. The topological polar surface area (TPSA) is 24.1 Å². The van der Waals surface area contributed by atoms with Crippen LogP contribution in [0.5, 0.6) is 0 Å². The molecule has 18 heavy (non-hydrogen) atoms. The summed E-state index contributed by atoms with van der Waals surface area (Å²) in [6.07, 6.45) is 0. The SMILES string of the molecule is CNc1ccc(C(=S)c2ccc(NC)cc2)cc1. The Labute approximate surface area is 113 Å². The first-order valence-corrected chi connectivity index (χ1v) is 6.26. The van der Waals surface area contributed by atoms with Crippen LogP contribution in [0.1, 0.15) is 11.1 Å². The van der Waals surface area contributed by atoms with Crippen molar-refractivity contribution in [2.45, 2.75) is 0 Å². The maximum atomic E-state index is 5.51. The zero-order chi connectivity index (χ0) is 13.0. The lowest BCUT2D eigenvalue weighted by Crippen LogP contribution is -2.00. The Morgan fingerprint density at radius 2 is 1.06 bits per heavy atom. The van der Waals surface area contributed by atoms with Gasteiger partial charge in [-0.1, -0.05) is 36.5 Å². The summed E-state index contributed by atoms with van der Waals surface area (Å²) in [6, 6.07) is 16.3. The molecule has 0 aliphatic heterocycles. The summed E-state index contributed by atoms with van der Waals surface area (Å²) in [4.78, 5) is 0.875. The zero-order valence-electron chi connectivity index (χ0n) is 10.5. The molecule has 2 aromatic carbocycles. The third-order valence-corrected chi connectivity index (χ3v) is 3.34. The molecule has 0 saturated heterocycles. The van der Waals surface area contributed by atoms with Gasteiger partial charge in [0, 0.05) is 25.5 Å². The summed E-state index contributed by atoms with van der Waals surface area (Å²) >= 11 is 5.51. The Morgan fingerprint density at radius 3 is 1.33 bits per heavy atom. The van der Waals surface area contributed by atoms with Crippen LogP contribution in [-0.2, 0) is 0 Å². The normalized spacial score (nSPS) is 9.89. The summed E-state index contributed by atoms with van der Waals surface area (Å²) in [5, 5.41) is 6.19. The van der Waals surface area contributed by atoms with Gasteiger partial charge >= 0.3 is 0 Å². The summed E-state index contributed by atoms with van der Waals surface area (Å²) in [6.45, 7) is 0. The van der Waals surface area contributed by atoms with Crippen LogP contribution in [0.4, 0.5) is 11.4 Å². The number of rotatable bonds is 4. The second kappa shape index (κ2) is 5.65. The van der Waals surface area contributed by atoms with Gasteiger partial charge in [-0.2, -0.15) is 0 Å². The van der Waals surface area contributed by atoms with E-state index in [9.17, 15) is 0 Å². The van der Waals surface area contributed by atoms with Crippen LogP contribution in [-0.4, -0.2) is 19.0 Å². The average Bonchev–Trinajstić information content (AvgIpc) is 2.47. The standard InChI is InChI=1S/C15H16N2S/c1-16-13-7-3-11(4-8-13)15(18)12-5-9-14(17-2)10-6-12/h3-10,16-17H,1-2H3. The molecule has 2 rings (SSSR count). The quantitative estimate of drug-likeness (QED) is 0.646. The highest BCUT2D eigenvalue weighted by Crippen LogP contribution is 2.16. The van der Waals surface area contributed by atoms with Gasteiger partial charge in [-0.15, -0.1) is 0 Å². The first kappa shape index (κ1) is 12.6. The van der Waals surface area contributed by atoms with E-state index in [1.165, 1.54) is 0 Å². The second-order valence-electron chi connectivity index (χ2n) is 3.98. The molecule has 0 spiro atoms. The second-order valence-corrected chi connectivity index (χ2v) is 4.39. The molecular weight excluding hydrogens is 240 g/mol. The Kier molecular flexibility index (Phi) is 3.95. The van der Waals surface area contributed by atoms with E-state index in [4.69, 9.17) is 12.2 Å². The molecule has 0 bridgehead atoms. The van der Waals surface area contributed by atoms with E-state index in [-0.39, 0.29) is 0 Å². The summed E-state index contributed by atoms with van der Waals surface area (Å²) in [5.41, 5.74) is 4.32. The monoisotopic (exact) mass is 256 g/mol. The van der Waals surface area contributed by atoms with Gasteiger partial charge in [-0.05, 0) is 35.4 Å². The van der Waals surface area contributed by atoms with Crippen molar-refractivity contribution in [1.29, 1.82) is 0 Å². The fraction of sp³-hybridized carbons (Fsp3) is 0.133. The van der Waals surface area contributed by atoms with Crippen molar-refractivity contribution in [2.24, 2.45) is 0 Å². The van der Waals surface area contributed by atoms with Crippen molar-refractivity contribution in [3.8, 4) is 0 Å². The molecule has 0 amide bonds. The molecule has 3 heteroatoms. The zero-order valence-corrected chi connectivity index (χ0v) is 11.3. The van der Waals surface area contributed by atoms with E-state index in [1.807, 2.05) is 62.6 Å². The van der Waals surface area contributed by atoms with E-state index in [0.29, 0.717) is 0 Å². The molecule has 0 saturated carbocycles. The van der Waals surface area contributed by atoms with Crippen LogP contribution in [0, 0.1) is 0 Å². The van der Waals surface area contributed by atoms with Crippen LogP contribution in [0.15, 0.2) is 48.5 Å². The molecule has 0 aliphatic rings. The summed E-state index contributed by atoms with van der Waals surface area (Å²) in [7, 11) is 3.81. The van der Waals surface area contributed by atoms with Gasteiger partial charge in [-0.3, -0.25) is 0 Å². The Hall–Kier alpha value is -1.87. The van der Waals surface area contributed by atoms with Crippen molar-refractivity contribution < 1.29 is 0 Å². The lowest BCUT2D eigenvalue weighted by atomic mass is 10.0. The molecule has 92 valence electrons. The van der Waals surface area contributed by atoms with Gasteiger partial charge in [0.15, 0.2) is 0 Å². The highest BCUT2D eigenvalue weighted by Gasteiger charge is 2.04. The predicted octanol–water partition coefficient (Wildman–Crippen LogP) is 3.54. The number of thiocarbonyl (C=S) groups is 1. The molecule has 0 fully saturated rings. The van der Waals surface area contributed by atoms with Crippen LogP contribution < -0.4 is 10.6 Å². The van der Waals surface area contributed by atoms with Crippen molar-refractivity contribution >= 4 is 28.5 Å². The summed E-state index contributed by atoms with van der Waals surface area (Å²) < 4.78 is 0. The smallest absolute Gasteiger partial charge is 0.0521 e. The van der Waals surface area contributed by atoms with E-state index in [1.54, 1.807) is 0 Å². The maximum absolute atomic E-state index is 5.51. The van der Waals surface area contributed by atoms with E-state index < -0.39 is 0 Å². The fourth-order valence-corrected chi connectivity index (χ4v) is 2.02. The minimum Gasteiger partial charge on any atom is -0.388 e. The van der Waals surface area contributed by atoms with Gasteiger partial charge < -0.3 is 10.6 Å². The highest BCUT2D eigenvalue weighted by molar-refractivity contribution is 7.81. The Balaban J connectivity index is 2.23. The van der Waals surface area contributed by atoms with Crippen molar-refractivity contribution in [3.63, 3.8) is 0 Å². The highest BCUT2D eigenvalue weighted by atomic mass is 32.1. The first-order chi connectivity index (χ1) is 8.74. The molecular formula is C15H16N2S. The van der Waals surface area contributed by atoms with Crippen molar-refractivity contribution in [2.75, 3.05) is 24.7 Å². The number of nitrogens with one attached hydrogen (secondary N) is 2. The Bertz CT molecular complexity index is 480. The van der Waals surface area contributed by atoms with Gasteiger partial charge in [0.25, 0.3) is 0 Å². The number of hydrogen-bond donors (Lipinski definition) is 2. The molecule has 0 atom stereocenters. The van der Waals surface area contributed by atoms with Gasteiger partial charge in [0.2, 0.25) is 0 Å². The predicted molar refractivity (Wildman–Crippen MR) is 82.8 cm³/mol. The van der Waals surface area contributed by atoms with Gasteiger partial charge in [0.05, 0.1) is 4.86 Å². The molecule has 2 nitrogen and oxygen atoms in total. The van der Waals surface area contributed by atoms with E-state index in [0.717, 1.165) is 27.4 Å². The fourth-order valence-electron chi connectivity index (χ4n) is 1.74. The number of benzene rings is 2. The van der Waals surface area contributed by atoms with Crippen LogP contribution in [0.3, 0.4) is 0 Å². The molecule has 2 aromatic rings. The maximum Gasteiger partial charge on any atom is 0.0521 e. The number of anilines is 2. The Morgan fingerprint density at radius 1 is 0.722 bits per heavy atom. The average molecular weight is 256 g/mol. The third kappa shape index (κ3) is 2.68. The minimum absolute atomic E-state index is 0.875. The lowest BCUT2D eigenvalue weighted by Gasteiger charge is -2.07. The van der Waals surface area contributed by atoms with Gasteiger partial charge in [0.1, 0.15) is 0 Å². The molecule has 0 heterocycles. The minimum atomic E-state index is 0.875. The van der Waals surface area contributed by atoms with Crippen molar-refractivity contribution in [1.82, 2.24) is 0 Å². The van der Waals surface area contributed by atoms with Crippen LogP contribution >= 0.6 is 12.2 Å². The van der Waals surface area contributed by atoms with Gasteiger partial charge in [-0.25, -0.2) is 0 Å². The first-order valence-electron chi connectivity index (χ1n) is 5.85. The van der Waals surface area contributed by atoms with Crippen LogP contribution in [0.2, 0.25) is 0 Å². The van der Waals surface area contributed by atoms with Crippen LogP contribution in [0.25, 0.3) is 0 Å². The van der Waals surface area contributed by atoms with E-state index in [2.05, 4.69) is 10.6 Å². The molecule has 0 aliphatic carbocycles. The van der Waals surface area contributed by atoms with E-state index >= 15 is 0 Å². The largest absolute Gasteiger partial charge is 0.388 e. The lowest BCUT2D eigenvalue weighted by molar-refractivity contribution is 1.49. The third-order valence-electron chi connectivity index (χ3n) is 2.87. The number of hydrogen-bond acceptors (Lipinski definition) is 3. The van der Waals surface area contributed by atoms with Crippen molar-refractivity contribution in [3.05, 3.63) is 59.7 Å². The molecule has 2 N–H and O–H groups in total. The molecule has 0 radical (unpaired) electrons.